The minimum absolute atomic E-state index is 0.0602. The Kier molecular flexibility index (Phi) is 6.39. The van der Waals surface area contributed by atoms with Crippen molar-refractivity contribution in [3.63, 3.8) is 0 Å². The van der Waals surface area contributed by atoms with Crippen molar-refractivity contribution >= 4 is 44.5 Å². The van der Waals surface area contributed by atoms with Crippen molar-refractivity contribution in [2.45, 2.75) is 30.4 Å². The van der Waals surface area contributed by atoms with Crippen LogP contribution in [-0.4, -0.2) is 42.1 Å². The molecule has 1 fully saturated rings. The molecule has 152 valence electrons. The number of nitrogens with zero attached hydrogens (tertiary/aromatic N) is 2. The van der Waals surface area contributed by atoms with E-state index in [1.165, 1.54) is 17.0 Å². The summed E-state index contributed by atoms with van der Waals surface area (Å²) in [5.41, 5.74) is 1.57. The lowest BCUT2D eigenvalue weighted by molar-refractivity contribution is -0.128. The summed E-state index contributed by atoms with van der Waals surface area (Å²) < 4.78 is 29.1. The lowest BCUT2D eigenvalue weighted by atomic mass is 10.2. The number of anilines is 1. The zero-order valence-electron chi connectivity index (χ0n) is 16.0. The molecule has 29 heavy (non-hydrogen) atoms. The van der Waals surface area contributed by atoms with Crippen molar-refractivity contribution in [1.29, 1.82) is 0 Å². The smallest absolute Gasteiger partial charge is 0.284 e. The zero-order valence-corrected chi connectivity index (χ0v) is 17.7. The molecule has 0 aromatic heterocycles. The molecule has 2 amide bonds. The molecule has 0 radical (unpaired) electrons. The van der Waals surface area contributed by atoms with Gasteiger partial charge in [0.15, 0.2) is 5.17 Å². The van der Waals surface area contributed by atoms with Gasteiger partial charge in [-0.05, 0) is 38.1 Å². The second kappa shape index (κ2) is 8.79. The molecule has 3 rings (SSSR count). The maximum Gasteiger partial charge on any atom is 0.284 e. The number of amidine groups is 1. The molecule has 1 N–H and O–H groups in total. The van der Waals surface area contributed by atoms with Crippen LogP contribution < -0.4 is 5.32 Å². The van der Waals surface area contributed by atoms with E-state index in [2.05, 4.69) is 9.71 Å². The predicted octanol–water partition coefficient (Wildman–Crippen LogP) is 3.03. The van der Waals surface area contributed by atoms with Crippen LogP contribution in [0.3, 0.4) is 0 Å². The maximum absolute atomic E-state index is 12.7. The molecule has 0 aliphatic carbocycles. The third-order valence-corrected chi connectivity index (χ3v) is 6.85. The first kappa shape index (κ1) is 21.1. The van der Waals surface area contributed by atoms with Gasteiger partial charge >= 0.3 is 0 Å². The van der Waals surface area contributed by atoms with Gasteiger partial charge in [-0.1, -0.05) is 47.7 Å². The summed E-state index contributed by atoms with van der Waals surface area (Å²) in [5.74, 6) is -0.640. The molecule has 0 unspecified atom stereocenters. The quantitative estimate of drug-likeness (QED) is 0.758. The number of benzene rings is 2. The summed E-state index contributed by atoms with van der Waals surface area (Å²) in [6.45, 7) is 3.86. The second-order valence-corrected chi connectivity index (χ2v) is 9.24. The van der Waals surface area contributed by atoms with E-state index in [1.54, 1.807) is 43.3 Å². The zero-order chi connectivity index (χ0) is 21.0. The molecule has 0 saturated carbocycles. The van der Waals surface area contributed by atoms with E-state index < -0.39 is 15.3 Å². The van der Waals surface area contributed by atoms with E-state index in [4.69, 9.17) is 0 Å². The first-order valence-corrected chi connectivity index (χ1v) is 11.4. The predicted molar refractivity (Wildman–Crippen MR) is 114 cm³/mol. The number of amides is 2. The summed E-state index contributed by atoms with van der Waals surface area (Å²) in [5, 5.41) is 2.11. The average Bonchev–Trinajstić information content (AvgIpc) is 2.96. The molecule has 1 atom stereocenters. The Morgan fingerprint density at radius 3 is 2.41 bits per heavy atom. The minimum atomic E-state index is -3.95. The maximum atomic E-state index is 12.7. The van der Waals surface area contributed by atoms with Gasteiger partial charge in [0, 0.05) is 18.7 Å². The fourth-order valence-corrected chi connectivity index (χ4v) is 5.19. The van der Waals surface area contributed by atoms with Gasteiger partial charge in [0.05, 0.1) is 4.90 Å². The Labute approximate surface area is 174 Å². The van der Waals surface area contributed by atoms with Gasteiger partial charge in [0.25, 0.3) is 10.0 Å². The van der Waals surface area contributed by atoms with Crippen LogP contribution in [0.2, 0.25) is 0 Å². The van der Waals surface area contributed by atoms with Crippen molar-refractivity contribution in [2.24, 2.45) is 4.40 Å². The molecular weight excluding hydrogens is 410 g/mol. The number of sulfonamides is 1. The topological polar surface area (TPSA) is 95.9 Å². The van der Waals surface area contributed by atoms with Crippen molar-refractivity contribution in [2.75, 3.05) is 11.9 Å². The Hall–Kier alpha value is -2.65. The monoisotopic (exact) mass is 431 g/mol. The highest BCUT2D eigenvalue weighted by Crippen LogP contribution is 2.31. The molecule has 2 aromatic carbocycles. The van der Waals surface area contributed by atoms with E-state index in [9.17, 15) is 18.0 Å². The molecular formula is C20H21N3O4S2. The average molecular weight is 432 g/mol. The molecule has 1 saturated heterocycles. The fourth-order valence-electron chi connectivity index (χ4n) is 2.77. The number of aryl methyl sites for hydroxylation is 1. The van der Waals surface area contributed by atoms with Crippen LogP contribution >= 0.6 is 11.8 Å². The number of nitrogens with one attached hydrogen (secondary N) is 1. The molecule has 1 aliphatic rings. The van der Waals surface area contributed by atoms with Gasteiger partial charge < -0.3 is 5.32 Å². The third kappa shape index (κ3) is 5.04. The highest BCUT2D eigenvalue weighted by molar-refractivity contribution is 8.16. The standard InChI is InChI=1S/C20H21N3O4S2/c1-3-23-19(25)17(13-18(24)21-15-7-5-4-6-8-15)28-20(23)22-29(26,27)16-11-9-14(2)10-12-16/h4-12,17H,3,13H2,1-2H3,(H,21,24)/t17-/m0/s1. The van der Waals surface area contributed by atoms with E-state index in [-0.39, 0.29) is 34.8 Å². The summed E-state index contributed by atoms with van der Waals surface area (Å²) in [6.07, 6.45) is -0.0709. The van der Waals surface area contributed by atoms with Gasteiger partial charge in [-0.3, -0.25) is 14.5 Å². The van der Waals surface area contributed by atoms with E-state index >= 15 is 0 Å². The first-order valence-electron chi connectivity index (χ1n) is 9.04. The van der Waals surface area contributed by atoms with Crippen LogP contribution in [0.25, 0.3) is 0 Å². The number of hydrogen-bond donors (Lipinski definition) is 1. The number of thioether (sulfide) groups is 1. The summed E-state index contributed by atoms with van der Waals surface area (Å²) in [7, 11) is -3.95. The summed E-state index contributed by atoms with van der Waals surface area (Å²) in [4.78, 5) is 26.3. The van der Waals surface area contributed by atoms with Gasteiger partial charge in [-0.15, -0.1) is 4.40 Å². The van der Waals surface area contributed by atoms with Crippen molar-refractivity contribution in [3.8, 4) is 0 Å². The number of para-hydroxylation sites is 1. The first-order chi connectivity index (χ1) is 13.8. The van der Waals surface area contributed by atoms with Crippen molar-refractivity contribution in [3.05, 3.63) is 60.2 Å². The van der Waals surface area contributed by atoms with E-state index in [1.807, 2.05) is 13.0 Å². The van der Waals surface area contributed by atoms with Gasteiger partial charge in [0.1, 0.15) is 5.25 Å². The normalized spacial score (nSPS) is 18.3. The minimum Gasteiger partial charge on any atom is -0.326 e. The van der Waals surface area contributed by atoms with Gasteiger partial charge in [-0.25, -0.2) is 0 Å². The van der Waals surface area contributed by atoms with Crippen LogP contribution in [0.5, 0.6) is 0 Å². The van der Waals surface area contributed by atoms with Crippen molar-refractivity contribution in [1.82, 2.24) is 4.90 Å². The van der Waals surface area contributed by atoms with Gasteiger partial charge in [-0.2, -0.15) is 8.42 Å². The highest BCUT2D eigenvalue weighted by atomic mass is 32.2. The van der Waals surface area contributed by atoms with Crippen LogP contribution in [0, 0.1) is 6.92 Å². The van der Waals surface area contributed by atoms with Gasteiger partial charge in [0.2, 0.25) is 11.8 Å². The number of carbonyl (C=O) groups is 2. The lowest BCUT2D eigenvalue weighted by Crippen LogP contribution is -2.33. The fraction of sp³-hybridized carbons (Fsp3) is 0.250. The van der Waals surface area contributed by atoms with Crippen LogP contribution in [0.1, 0.15) is 18.9 Å². The summed E-state index contributed by atoms with van der Waals surface area (Å²) >= 11 is 1.00. The number of carbonyl (C=O) groups excluding carboxylic acids is 2. The molecule has 0 spiro atoms. The number of hydrogen-bond acceptors (Lipinski definition) is 5. The molecule has 2 aromatic rings. The molecule has 0 bridgehead atoms. The SMILES string of the molecule is CCN1C(=O)[C@H](CC(=O)Nc2ccccc2)SC1=NS(=O)(=O)c1ccc(C)cc1. The Morgan fingerprint density at radius 2 is 1.79 bits per heavy atom. The second-order valence-electron chi connectivity index (χ2n) is 6.47. The third-order valence-electron chi connectivity index (χ3n) is 4.28. The molecule has 1 heterocycles. The molecule has 9 heteroatoms. The number of rotatable bonds is 6. The van der Waals surface area contributed by atoms with Crippen LogP contribution in [0.15, 0.2) is 63.9 Å². The largest absolute Gasteiger partial charge is 0.326 e. The van der Waals surface area contributed by atoms with Crippen molar-refractivity contribution < 1.29 is 18.0 Å². The molecule has 1 aliphatic heterocycles. The highest BCUT2D eigenvalue weighted by Gasteiger charge is 2.39. The summed E-state index contributed by atoms with van der Waals surface area (Å²) in [6, 6.07) is 15.3. The Morgan fingerprint density at radius 1 is 1.14 bits per heavy atom. The Bertz CT molecular complexity index is 1040. The molecule has 7 nitrogen and oxygen atoms in total. The lowest BCUT2D eigenvalue weighted by Gasteiger charge is -2.13. The van der Waals surface area contributed by atoms with Crippen LogP contribution in [0.4, 0.5) is 5.69 Å². The van der Waals surface area contributed by atoms with E-state index in [0.717, 1.165) is 17.3 Å². The van der Waals surface area contributed by atoms with Crippen LogP contribution in [-0.2, 0) is 19.6 Å². The Balaban J connectivity index is 1.77. The van der Waals surface area contributed by atoms with E-state index in [0.29, 0.717) is 5.69 Å².